The number of halogens is 2. The van der Waals surface area contributed by atoms with Gasteiger partial charge in [-0.15, -0.1) is 0 Å². The molecule has 0 unspecified atom stereocenters. The highest BCUT2D eigenvalue weighted by Gasteiger charge is 2.35. The molecule has 0 aliphatic carbocycles. The lowest BCUT2D eigenvalue weighted by molar-refractivity contribution is -0.140. The highest BCUT2D eigenvalue weighted by atomic mass is 35.5. The summed E-state index contributed by atoms with van der Waals surface area (Å²) in [7, 11) is -4.27. The largest absolute Gasteiger partial charge is 0.352 e. The van der Waals surface area contributed by atoms with Crippen molar-refractivity contribution in [3.05, 3.63) is 131 Å². The number of hydrogen-bond donors (Lipinski definition) is 1. The van der Waals surface area contributed by atoms with Crippen LogP contribution in [0.5, 0.6) is 0 Å². The van der Waals surface area contributed by atoms with E-state index in [-0.39, 0.29) is 40.2 Å². The Bertz CT molecular complexity index is 1700. The van der Waals surface area contributed by atoms with E-state index in [2.05, 4.69) is 5.32 Å². The van der Waals surface area contributed by atoms with E-state index in [1.165, 1.54) is 41.3 Å². The Labute approximate surface area is 263 Å². The Balaban J connectivity index is 1.84. The van der Waals surface area contributed by atoms with E-state index < -0.39 is 40.2 Å². The second-order valence-electron chi connectivity index (χ2n) is 10.7. The molecule has 0 saturated carbocycles. The molecule has 1 atom stereocenters. The van der Waals surface area contributed by atoms with E-state index in [0.717, 1.165) is 9.87 Å². The Morgan fingerprint density at radius 1 is 0.886 bits per heavy atom. The zero-order chi connectivity index (χ0) is 31.9. The summed E-state index contributed by atoms with van der Waals surface area (Å²) in [4.78, 5) is 29.4. The lowest BCUT2D eigenvalue weighted by Crippen LogP contribution is -2.54. The average Bonchev–Trinajstić information content (AvgIpc) is 3.00. The lowest BCUT2D eigenvalue weighted by Gasteiger charge is -2.34. The molecule has 0 fully saturated rings. The molecule has 7 nitrogen and oxygen atoms in total. The summed E-state index contributed by atoms with van der Waals surface area (Å²) >= 11 is 6.30. The summed E-state index contributed by atoms with van der Waals surface area (Å²) in [5, 5.41) is 3.17. The smallest absolute Gasteiger partial charge is 0.264 e. The molecule has 10 heteroatoms. The van der Waals surface area contributed by atoms with Gasteiger partial charge in [-0.2, -0.15) is 0 Å². The monoisotopic (exact) mass is 635 g/mol. The summed E-state index contributed by atoms with van der Waals surface area (Å²) in [6.07, 6.45) is 0.126. The Morgan fingerprint density at radius 3 is 2.14 bits per heavy atom. The van der Waals surface area contributed by atoms with E-state index in [0.29, 0.717) is 5.56 Å². The molecule has 4 rings (SSSR count). The molecule has 0 saturated heterocycles. The maximum atomic E-state index is 15.0. The van der Waals surface area contributed by atoms with Gasteiger partial charge < -0.3 is 10.2 Å². The molecule has 44 heavy (non-hydrogen) atoms. The lowest BCUT2D eigenvalue weighted by atomic mass is 10.0. The Kier molecular flexibility index (Phi) is 10.8. The van der Waals surface area contributed by atoms with Crippen molar-refractivity contribution >= 4 is 39.1 Å². The fourth-order valence-corrected chi connectivity index (χ4v) is 6.49. The maximum absolute atomic E-state index is 15.0. The minimum atomic E-state index is -4.27. The van der Waals surface area contributed by atoms with Crippen LogP contribution >= 0.6 is 11.6 Å². The van der Waals surface area contributed by atoms with Crippen molar-refractivity contribution in [2.45, 2.75) is 50.7 Å². The molecule has 0 aliphatic rings. The number of nitrogens with zero attached hydrogens (tertiary/aromatic N) is 2. The maximum Gasteiger partial charge on any atom is 0.264 e. The molecule has 1 N–H and O–H groups in total. The van der Waals surface area contributed by atoms with Gasteiger partial charge in [0.1, 0.15) is 18.4 Å². The van der Waals surface area contributed by atoms with Gasteiger partial charge in [-0.1, -0.05) is 84.4 Å². The molecule has 0 radical (unpaired) electrons. The van der Waals surface area contributed by atoms with E-state index in [9.17, 15) is 22.4 Å². The van der Waals surface area contributed by atoms with Gasteiger partial charge in [-0.05, 0) is 62.2 Å². The van der Waals surface area contributed by atoms with Gasteiger partial charge in [0.25, 0.3) is 10.0 Å². The van der Waals surface area contributed by atoms with E-state index in [4.69, 9.17) is 11.6 Å². The van der Waals surface area contributed by atoms with Crippen LogP contribution in [-0.2, 0) is 32.6 Å². The van der Waals surface area contributed by atoms with Gasteiger partial charge in [0, 0.05) is 29.6 Å². The van der Waals surface area contributed by atoms with Crippen LogP contribution < -0.4 is 9.62 Å². The molecule has 0 spiro atoms. The van der Waals surface area contributed by atoms with Crippen molar-refractivity contribution in [3.8, 4) is 0 Å². The number of carbonyl (C=O) groups is 2. The normalized spacial score (nSPS) is 12.0. The van der Waals surface area contributed by atoms with Crippen LogP contribution in [0.3, 0.4) is 0 Å². The minimum absolute atomic E-state index is 0.0220. The third kappa shape index (κ3) is 8.03. The van der Waals surface area contributed by atoms with Gasteiger partial charge in [0.15, 0.2) is 0 Å². The number of benzene rings is 4. The number of carbonyl (C=O) groups excluding carboxylic acids is 2. The highest BCUT2D eigenvalue weighted by molar-refractivity contribution is 7.92. The number of amides is 2. The third-order valence-electron chi connectivity index (χ3n) is 7.05. The molecule has 4 aromatic carbocycles. The summed E-state index contributed by atoms with van der Waals surface area (Å²) in [6.45, 7) is 4.40. The summed E-state index contributed by atoms with van der Waals surface area (Å²) in [5.74, 6) is -1.68. The zero-order valence-corrected chi connectivity index (χ0v) is 26.4. The first-order chi connectivity index (χ1) is 21.0. The second kappa shape index (κ2) is 14.5. The van der Waals surface area contributed by atoms with Crippen molar-refractivity contribution in [1.82, 2.24) is 10.2 Å². The summed E-state index contributed by atoms with van der Waals surface area (Å²) in [5.41, 5.74) is 1.75. The molecule has 0 bridgehead atoms. The highest BCUT2D eigenvalue weighted by Crippen LogP contribution is 2.30. The number of sulfonamides is 1. The van der Waals surface area contributed by atoms with Gasteiger partial charge in [-0.3, -0.25) is 13.9 Å². The molecule has 0 heterocycles. The molecule has 0 aliphatic heterocycles. The number of anilines is 1. The van der Waals surface area contributed by atoms with Crippen LogP contribution in [0.15, 0.2) is 108 Å². The van der Waals surface area contributed by atoms with Crippen LogP contribution in [0.4, 0.5) is 10.1 Å². The molecule has 0 aromatic heterocycles. The third-order valence-corrected chi connectivity index (χ3v) is 9.06. The van der Waals surface area contributed by atoms with Crippen molar-refractivity contribution in [3.63, 3.8) is 0 Å². The predicted molar refractivity (Wildman–Crippen MR) is 171 cm³/mol. The van der Waals surface area contributed by atoms with E-state index >= 15 is 0 Å². The quantitative estimate of drug-likeness (QED) is 0.202. The van der Waals surface area contributed by atoms with Gasteiger partial charge in [-0.25, -0.2) is 12.8 Å². The summed E-state index contributed by atoms with van der Waals surface area (Å²) in [6, 6.07) is 26.4. The van der Waals surface area contributed by atoms with Crippen molar-refractivity contribution in [2.24, 2.45) is 0 Å². The Morgan fingerprint density at radius 2 is 1.50 bits per heavy atom. The van der Waals surface area contributed by atoms with Crippen LogP contribution in [-0.4, -0.2) is 43.8 Å². The number of aryl methyl sites for hydroxylation is 1. The van der Waals surface area contributed by atoms with Gasteiger partial charge in [0.05, 0.1) is 10.6 Å². The second-order valence-corrected chi connectivity index (χ2v) is 13.0. The first-order valence-electron chi connectivity index (χ1n) is 14.2. The zero-order valence-electron chi connectivity index (χ0n) is 24.8. The van der Waals surface area contributed by atoms with Crippen LogP contribution in [0, 0.1) is 12.7 Å². The standard InChI is InChI=1S/C34H35ClFN3O4S/c1-24(2)37-34(41)32(20-26-12-6-4-7-13-26)38(22-27-14-10-11-17-30(27)36)33(40)23-39(31-21-28(35)19-18-25(31)3)44(42,43)29-15-8-5-9-16-29/h4-19,21,24,32H,20,22-23H2,1-3H3,(H,37,41)/t32-/m0/s1. The van der Waals surface area contributed by atoms with E-state index in [1.54, 1.807) is 57.2 Å². The average molecular weight is 636 g/mol. The molecule has 230 valence electrons. The minimum Gasteiger partial charge on any atom is -0.352 e. The topological polar surface area (TPSA) is 86.8 Å². The van der Waals surface area contributed by atoms with E-state index in [1.807, 2.05) is 30.3 Å². The summed E-state index contributed by atoms with van der Waals surface area (Å²) < 4.78 is 44.2. The van der Waals surface area contributed by atoms with Crippen LogP contribution in [0.2, 0.25) is 5.02 Å². The molecular weight excluding hydrogens is 601 g/mol. The fraction of sp³-hybridized carbons (Fsp3) is 0.235. The number of hydrogen-bond acceptors (Lipinski definition) is 4. The first-order valence-corrected chi connectivity index (χ1v) is 16.0. The van der Waals surface area contributed by atoms with Crippen molar-refractivity contribution < 1.29 is 22.4 Å². The number of rotatable bonds is 12. The Hall–Kier alpha value is -4.21. The molecular formula is C34H35ClFN3O4S. The van der Waals surface area contributed by atoms with Crippen molar-refractivity contribution in [2.75, 3.05) is 10.8 Å². The SMILES string of the molecule is Cc1ccc(Cl)cc1N(CC(=O)N(Cc1ccccc1F)[C@@H](Cc1ccccc1)C(=O)NC(C)C)S(=O)(=O)c1ccccc1. The van der Waals surface area contributed by atoms with Crippen LogP contribution in [0.1, 0.15) is 30.5 Å². The van der Waals surface area contributed by atoms with Crippen LogP contribution in [0.25, 0.3) is 0 Å². The van der Waals surface area contributed by atoms with Gasteiger partial charge in [0.2, 0.25) is 11.8 Å². The molecule has 4 aromatic rings. The van der Waals surface area contributed by atoms with Crippen molar-refractivity contribution in [1.29, 1.82) is 0 Å². The van der Waals surface area contributed by atoms with Gasteiger partial charge >= 0.3 is 0 Å². The fourth-order valence-electron chi connectivity index (χ4n) is 4.83. The first kappa shape index (κ1) is 32.7. The molecule has 2 amide bonds. The number of nitrogens with one attached hydrogen (secondary N) is 1. The predicted octanol–water partition coefficient (Wildman–Crippen LogP) is 6.15.